The largest absolute Gasteiger partial charge is 0.475 e. The highest BCUT2D eigenvalue weighted by Gasteiger charge is 2.17. The predicted molar refractivity (Wildman–Crippen MR) is 113 cm³/mol. The second kappa shape index (κ2) is 9.39. The Kier molecular flexibility index (Phi) is 6.67. The van der Waals surface area contributed by atoms with Crippen LogP contribution in [0.3, 0.4) is 0 Å². The van der Waals surface area contributed by atoms with Gasteiger partial charge in [-0.2, -0.15) is 0 Å². The van der Waals surface area contributed by atoms with Crippen LogP contribution in [0.15, 0.2) is 48.7 Å². The first-order valence-electron chi connectivity index (χ1n) is 9.61. The number of amides is 1. The van der Waals surface area contributed by atoms with E-state index in [4.69, 9.17) is 9.47 Å². The number of hydrogen-bond donors (Lipinski definition) is 1. The van der Waals surface area contributed by atoms with Gasteiger partial charge in [0.1, 0.15) is 6.61 Å². The lowest BCUT2D eigenvalue weighted by Crippen LogP contribution is -2.24. The molecule has 0 aliphatic heterocycles. The number of nitrogens with zero attached hydrogens (tertiary/aromatic N) is 2. The van der Waals surface area contributed by atoms with E-state index in [0.717, 1.165) is 22.6 Å². The maximum Gasteiger partial charge on any atom is 0.253 e. The zero-order valence-corrected chi connectivity index (χ0v) is 17.4. The fourth-order valence-electron chi connectivity index (χ4n) is 3.34. The normalized spacial score (nSPS) is 10.8. The zero-order valence-electron chi connectivity index (χ0n) is 17.4. The van der Waals surface area contributed by atoms with Crippen molar-refractivity contribution in [3.05, 3.63) is 76.7 Å². The van der Waals surface area contributed by atoms with E-state index in [-0.39, 0.29) is 5.91 Å². The first-order valence-corrected chi connectivity index (χ1v) is 9.61. The molecule has 29 heavy (non-hydrogen) atoms. The lowest BCUT2D eigenvalue weighted by molar-refractivity contribution is 0.0949. The number of aromatic nitrogens is 2. The van der Waals surface area contributed by atoms with Crippen LogP contribution in [-0.4, -0.2) is 35.8 Å². The third kappa shape index (κ3) is 4.84. The van der Waals surface area contributed by atoms with Gasteiger partial charge in [0.25, 0.3) is 5.91 Å². The van der Waals surface area contributed by atoms with Crippen LogP contribution in [-0.2, 0) is 11.3 Å². The van der Waals surface area contributed by atoms with Crippen molar-refractivity contribution in [2.24, 2.45) is 0 Å². The van der Waals surface area contributed by atoms with Crippen molar-refractivity contribution in [2.45, 2.75) is 27.3 Å². The van der Waals surface area contributed by atoms with E-state index in [1.54, 1.807) is 13.3 Å². The molecule has 1 amide bonds. The molecule has 0 bridgehead atoms. The highest BCUT2D eigenvalue weighted by molar-refractivity contribution is 5.95. The van der Waals surface area contributed by atoms with E-state index in [9.17, 15) is 4.79 Å². The van der Waals surface area contributed by atoms with Gasteiger partial charge in [0, 0.05) is 42.5 Å². The minimum Gasteiger partial charge on any atom is -0.475 e. The van der Waals surface area contributed by atoms with Crippen LogP contribution in [0.25, 0.3) is 5.69 Å². The van der Waals surface area contributed by atoms with E-state index >= 15 is 0 Å². The van der Waals surface area contributed by atoms with E-state index in [1.165, 1.54) is 5.56 Å². The molecule has 0 aliphatic rings. The molecule has 0 atom stereocenters. The van der Waals surface area contributed by atoms with Gasteiger partial charge < -0.3 is 19.4 Å². The third-order valence-electron chi connectivity index (χ3n) is 4.75. The number of rotatable bonds is 8. The summed E-state index contributed by atoms with van der Waals surface area (Å²) in [5.41, 5.74) is 5.65. The molecule has 0 radical (unpaired) electrons. The number of carbonyl (C=O) groups excluding carboxylic acids is 1. The molecule has 1 aromatic carbocycles. The van der Waals surface area contributed by atoms with Gasteiger partial charge in [0.05, 0.1) is 12.2 Å². The molecule has 0 fully saturated rings. The molecule has 0 spiro atoms. The smallest absolute Gasteiger partial charge is 0.253 e. The summed E-state index contributed by atoms with van der Waals surface area (Å²) in [4.78, 5) is 17.1. The number of nitrogens with one attached hydrogen (secondary N) is 1. The number of hydrogen-bond acceptors (Lipinski definition) is 4. The highest BCUT2D eigenvalue weighted by atomic mass is 16.5. The fourth-order valence-corrected chi connectivity index (χ4v) is 3.34. The lowest BCUT2D eigenvalue weighted by Gasteiger charge is -2.12. The molecule has 3 aromatic rings. The molecule has 3 rings (SSSR count). The van der Waals surface area contributed by atoms with Crippen molar-refractivity contribution in [3.8, 4) is 11.6 Å². The quantitative estimate of drug-likeness (QED) is 0.592. The lowest BCUT2D eigenvalue weighted by atomic mass is 10.2. The number of methoxy groups -OCH3 is 1. The van der Waals surface area contributed by atoms with Crippen LogP contribution in [0.4, 0.5) is 0 Å². The Hall–Kier alpha value is -3.12. The van der Waals surface area contributed by atoms with Crippen LogP contribution in [0.1, 0.15) is 32.9 Å². The average molecular weight is 393 g/mol. The molecule has 2 heterocycles. The predicted octanol–water partition coefficient (Wildman–Crippen LogP) is 3.75. The SMILES string of the molecule is COCCOc1ncccc1CNC(=O)c1cc(C)n(-c2cccc(C)c2)c1C. The first kappa shape index (κ1) is 20.6. The van der Waals surface area contributed by atoms with Crippen molar-refractivity contribution in [2.75, 3.05) is 20.3 Å². The van der Waals surface area contributed by atoms with Crippen molar-refractivity contribution in [1.29, 1.82) is 0 Å². The Morgan fingerprint density at radius 2 is 1.93 bits per heavy atom. The number of ether oxygens (including phenoxy) is 2. The highest BCUT2D eigenvalue weighted by Crippen LogP contribution is 2.22. The molecule has 6 heteroatoms. The molecule has 152 valence electrons. The van der Waals surface area contributed by atoms with Crippen LogP contribution >= 0.6 is 0 Å². The molecule has 0 unspecified atom stereocenters. The van der Waals surface area contributed by atoms with Crippen LogP contribution in [0.2, 0.25) is 0 Å². The van der Waals surface area contributed by atoms with Gasteiger partial charge in [0.15, 0.2) is 0 Å². The fraction of sp³-hybridized carbons (Fsp3) is 0.304. The first-order chi connectivity index (χ1) is 14.0. The van der Waals surface area contributed by atoms with Crippen LogP contribution in [0, 0.1) is 20.8 Å². The maximum absolute atomic E-state index is 12.9. The minimum atomic E-state index is -0.122. The van der Waals surface area contributed by atoms with Gasteiger partial charge in [-0.15, -0.1) is 0 Å². The number of benzene rings is 1. The standard InChI is InChI=1S/C23H27N3O3/c1-16-7-5-9-20(13-16)26-17(2)14-21(18(26)3)22(27)25-15-19-8-6-10-24-23(19)29-12-11-28-4/h5-10,13-14H,11-12,15H2,1-4H3,(H,25,27). The Morgan fingerprint density at radius 1 is 1.10 bits per heavy atom. The molecule has 0 saturated heterocycles. The summed E-state index contributed by atoms with van der Waals surface area (Å²) in [5.74, 6) is 0.388. The zero-order chi connectivity index (χ0) is 20.8. The van der Waals surface area contributed by atoms with E-state index in [0.29, 0.717) is 31.2 Å². The third-order valence-corrected chi connectivity index (χ3v) is 4.75. The monoisotopic (exact) mass is 393 g/mol. The van der Waals surface area contributed by atoms with Gasteiger partial charge >= 0.3 is 0 Å². The maximum atomic E-state index is 12.9. The van der Waals surface area contributed by atoms with Gasteiger partial charge in [-0.1, -0.05) is 18.2 Å². The summed E-state index contributed by atoms with van der Waals surface area (Å²) in [6, 6.07) is 13.9. The molecule has 6 nitrogen and oxygen atoms in total. The summed E-state index contributed by atoms with van der Waals surface area (Å²) in [5, 5.41) is 2.99. The topological polar surface area (TPSA) is 65.4 Å². The Morgan fingerprint density at radius 3 is 2.69 bits per heavy atom. The molecular weight excluding hydrogens is 366 g/mol. The van der Waals surface area contributed by atoms with Crippen molar-refractivity contribution < 1.29 is 14.3 Å². The molecular formula is C23H27N3O3. The van der Waals surface area contributed by atoms with Gasteiger partial charge in [-0.3, -0.25) is 4.79 Å². The molecule has 0 aliphatic carbocycles. The summed E-state index contributed by atoms with van der Waals surface area (Å²) in [6.07, 6.45) is 1.67. The Bertz CT molecular complexity index is 995. The van der Waals surface area contributed by atoms with Gasteiger partial charge in [-0.25, -0.2) is 4.98 Å². The summed E-state index contributed by atoms with van der Waals surface area (Å²) < 4.78 is 12.7. The average Bonchev–Trinajstić information content (AvgIpc) is 3.01. The van der Waals surface area contributed by atoms with E-state index in [2.05, 4.69) is 33.9 Å². The van der Waals surface area contributed by atoms with Crippen LogP contribution < -0.4 is 10.1 Å². The van der Waals surface area contributed by atoms with Crippen LogP contribution in [0.5, 0.6) is 5.88 Å². The number of carbonyl (C=O) groups is 1. The summed E-state index contributed by atoms with van der Waals surface area (Å²) in [6.45, 7) is 7.26. The Labute approximate surface area is 171 Å². The molecule has 1 N–H and O–H groups in total. The van der Waals surface area contributed by atoms with Crippen molar-refractivity contribution >= 4 is 5.91 Å². The van der Waals surface area contributed by atoms with Crippen molar-refractivity contribution in [1.82, 2.24) is 14.9 Å². The number of pyridine rings is 1. The second-order valence-corrected chi connectivity index (χ2v) is 6.95. The Balaban J connectivity index is 1.75. The summed E-state index contributed by atoms with van der Waals surface area (Å²) >= 11 is 0. The molecule has 0 saturated carbocycles. The van der Waals surface area contributed by atoms with E-state index < -0.39 is 0 Å². The van der Waals surface area contributed by atoms with Gasteiger partial charge in [0.2, 0.25) is 5.88 Å². The summed E-state index contributed by atoms with van der Waals surface area (Å²) in [7, 11) is 1.62. The van der Waals surface area contributed by atoms with Gasteiger partial charge in [-0.05, 0) is 50.6 Å². The van der Waals surface area contributed by atoms with E-state index in [1.807, 2.05) is 44.2 Å². The second-order valence-electron chi connectivity index (χ2n) is 6.95. The number of aryl methyl sites for hydroxylation is 2. The molecule has 2 aromatic heterocycles. The van der Waals surface area contributed by atoms with Crippen molar-refractivity contribution in [3.63, 3.8) is 0 Å². The minimum absolute atomic E-state index is 0.122.